The van der Waals surface area contributed by atoms with Gasteiger partial charge in [0.05, 0.1) is 31.9 Å². The zero-order valence-electron chi connectivity index (χ0n) is 16.2. The number of para-hydroxylation sites is 1. The quantitative estimate of drug-likeness (QED) is 0.610. The number of aliphatic carboxylic acids is 1. The number of rotatable bonds is 8. The van der Waals surface area contributed by atoms with E-state index >= 15 is 0 Å². The molecule has 1 heterocycles. The number of ether oxygens (including phenoxy) is 2. The Kier molecular flexibility index (Phi) is 6.19. The van der Waals surface area contributed by atoms with E-state index in [9.17, 15) is 9.59 Å². The second kappa shape index (κ2) is 8.97. The topological polar surface area (TPSA) is 89.8 Å². The van der Waals surface area contributed by atoms with Crippen molar-refractivity contribution in [2.24, 2.45) is 0 Å². The maximum absolute atomic E-state index is 12.9. The minimum absolute atomic E-state index is 0.0450. The van der Waals surface area contributed by atoms with Crippen molar-refractivity contribution < 1.29 is 24.2 Å². The lowest BCUT2D eigenvalue weighted by atomic mass is 10.1. The van der Waals surface area contributed by atoms with Gasteiger partial charge in [-0.05, 0) is 48.5 Å². The molecule has 1 aromatic heterocycles. The number of hydrogen-bond donors (Lipinski definition) is 2. The third-order valence-corrected chi connectivity index (χ3v) is 4.51. The van der Waals surface area contributed by atoms with Crippen molar-refractivity contribution in [3.05, 3.63) is 71.9 Å². The molecule has 29 heavy (non-hydrogen) atoms. The Balaban J connectivity index is 1.98. The lowest BCUT2D eigenvalue weighted by Gasteiger charge is -2.16. The zero-order valence-corrected chi connectivity index (χ0v) is 16.2. The van der Waals surface area contributed by atoms with Gasteiger partial charge in [0.25, 0.3) is 5.91 Å². The highest BCUT2D eigenvalue weighted by Crippen LogP contribution is 2.26. The highest BCUT2D eigenvalue weighted by Gasteiger charge is 2.17. The monoisotopic (exact) mass is 394 g/mol. The SMILES string of the molecule is COc1ccc(-c2ccc(CCC(=O)O)n2NC(=O)c2ccccc2OC)cc1. The average molecular weight is 394 g/mol. The number of nitrogens with zero attached hydrogens (tertiary/aromatic N) is 1. The normalized spacial score (nSPS) is 10.4. The average Bonchev–Trinajstić information content (AvgIpc) is 3.14. The summed E-state index contributed by atoms with van der Waals surface area (Å²) in [5, 5.41) is 9.05. The summed E-state index contributed by atoms with van der Waals surface area (Å²) in [5.74, 6) is -0.0870. The molecule has 0 aliphatic heterocycles. The lowest BCUT2D eigenvalue weighted by Crippen LogP contribution is -2.26. The van der Waals surface area contributed by atoms with E-state index in [0.29, 0.717) is 17.0 Å². The van der Waals surface area contributed by atoms with E-state index in [2.05, 4.69) is 5.43 Å². The van der Waals surface area contributed by atoms with Crippen LogP contribution >= 0.6 is 0 Å². The van der Waals surface area contributed by atoms with Gasteiger partial charge < -0.3 is 14.6 Å². The molecule has 0 aliphatic carbocycles. The molecule has 3 rings (SSSR count). The summed E-state index contributed by atoms with van der Waals surface area (Å²) in [5.41, 5.74) is 5.53. The minimum atomic E-state index is -0.903. The van der Waals surface area contributed by atoms with Gasteiger partial charge in [0.15, 0.2) is 0 Å². The molecule has 2 aromatic carbocycles. The minimum Gasteiger partial charge on any atom is -0.497 e. The Morgan fingerprint density at radius 1 is 0.966 bits per heavy atom. The second-order valence-corrected chi connectivity index (χ2v) is 6.31. The molecule has 0 fully saturated rings. The molecule has 0 atom stereocenters. The molecular formula is C22H22N2O5. The van der Waals surface area contributed by atoms with Gasteiger partial charge in [-0.2, -0.15) is 0 Å². The number of carboxylic acids is 1. The lowest BCUT2D eigenvalue weighted by molar-refractivity contribution is -0.136. The third-order valence-electron chi connectivity index (χ3n) is 4.51. The van der Waals surface area contributed by atoms with Gasteiger partial charge >= 0.3 is 5.97 Å². The van der Waals surface area contributed by atoms with Crippen LogP contribution in [0, 0.1) is 0 Å². The molecule has 0 spiro atoms. The fourth-order valence-electron chi connectivity index (χ4n) is 3.02. The summed E-state index contributed by atoms with van der Waals surface area (Å²) in [6.45, 7) is 0. The van der Waals surface area contributed by atoms with Crippen LogP contribution in [0.15, 0.2) is 60.7 Å². The largest absolute Gasteiger partial charge is 0.497 e. The first kappa shape index (κ1) is 20.0. The Morgan fingerprint density at radius 3 is 2.34 bits per heavy atom. The third kappa shape index (κ3) is 4.57. The first-order chi connectivity index (χ1) is 14.0. The second-order valence-electron chi connectivity index (χ2n) is 6.31. The van der Waals surface area contributed by atoms with E-state index in [0.717, 1.165) is 17.0 Å². The number of hydrogen-bond acceptors (Lipinski definition) is 4. The van der Waals surface area contributed by atoms with Crippen LogP contribution in [0.2, 0.25) is 0 Å². The summed E-state index contributed by atoms with van der Waals surface area (Å²) in [6, 6.07) is 18.0. The van der Waals surface area contributed by atoms with Gasteiger partial charge in [0.2, 0.25) is 0 Å². The smallest absolute Gasteiger partial charge is 0.303 e. The number of carbonyl (C=O) groups is 2. The summed E-state index contributed by atoms with van der Waals surface area (Å²) in [7, 11) is 3.10. The molecule has 0 bridgehead atoms. The van der Waals surface area contributed by atoms with Crippen LogP contribution < -0.4 is 14.9 Å². The molecular weight excluding hydrogens is 372 g/mol. The standard InChI is InChI=1S/C22H22N2O5/c1-28-17-11-7-15(8-12-17)19-13-9-16(10-14-21(25)26)24(19)23-22(27)18-5-3-4-6-20(18)29-2/h3-9,11-13H,10,14H2,1-2H3,(H,23,27)(H,25,26). The van der Waals surface area contributed by atoms with E-state index in [1.165, 1.54) is 7.11 Å². The van der Waals surface area contributed by atoms with Crippen molar-refractivity contribution in [3.63, 3.8) is 0 Å². The van der Waals surface area contributed by atoms with Crippen molar-refractivity contribution in [2.45, 2.75) is 12.8 Å². The first-order valence-corrected chi connectivity index (χ1v) is 9.04. The number of aryl methyl sites for hydroxylation is 1. The summed E-state index contributed by atoms with van der Waals surface area (Å²) >= 11 is 0. The van der Waals surface area contributed by atoms with Crippen molar-refractivity contribution in [1.29, 1.82) is 0 Å². The molecule has 0 unspecified atom stereocenters. The van der Waals surface area contributed by atoms with Crippen LogP contribution in [0.25, 0.3) is 11.3 Å². The summed E-state index contributed by atoms with van der Waals surface area (Å²) in [4.78, 5) is 23.9. The fraction of sp³-hybridized carbons (Fsp3) is 0.182. The van der Waals surface area contributed by atoms with E-state index < -0.39 is 5.97 Å². The van der Waals surface area contributed by atoms with E-state index in [4.69, 9.17) is 14.6 Å². The van der Waals surface area contributed by atoms with E-state index in [-0.39, 0.29) is 18.7 Å². The zero-order chi connectivity index (χ0) is 20.8. The van der Waals surface area contributed by atoms with Crippen LogP contribution in [0.5, 0.6) is 11.5 Å². The number of carboxylic acid groups (broad SMARTS) is 1. The van der Waals surface area contributed by atoms with Gasteiger partial charge in [-0.3, -0.25) is 19.7 Å². The first-order valence-electron chi connectivity index (χ1n) is 9.04. The van der Waals surface area contributed by atoms with Crippen LogP contribution in [0.4, 0.5) is 0 Å². The summed E-state index contributed by atoms with van der Waals surface area (Å²) < 4.78 is 12.1. The Morgan fingerprint density at radius 2 is 1.69 bits per heavy atom. The van der Waals surface area contributed by atoms with E-state index in [1.54, 1.807) is 36.1 Å². The van der Waals surface area contributed by atoms with Gasteiger partial charge in [-0.1, -0.05) is 12.1 Å². The van der Waals surface area contributed by atoms with Gasteiger partial charge in [0, 0.05) is 17.7 Å². The van der Waals surface area contributed by atoms with Gasteiger partial charge in [-0.15, -0.1) is 0 Å². The molecule has 7 nitrogen and oxygen atoms in total. The van der Waals surface area contributed by atoms with Crippen molar-refractivity contribution in [3.8, 4) is 22.8 Å². The Hall–Kier alpha value is -3.74. The molecule has 0 saturated carbocycles. The van der Waals surface area contributed by atoms with Crippen molar-refractivity contribution in [1.82, 2.24) is 4.68 Å². The fourth-order valence-corrected chi connectivity index (χ4v) is 3.02. The molecule has 7 heteroatoms. The summed E-state index contributed by atoms with van der Waals surface area (Å²) in [6.07, 6.45) is 0.230. The van der Waals surface area contributed by atoms with Crippen LogP contribution in [0.3, 0.4) is 0 Å². The molecule has 0 aliphatic rings. The molecule has 0 saturated heterocycles. The molecule has 3 aromatic rings. The van der Waals surface area contributed by atoms with Crippen LogP contribution in [0.1, 0.15) is 22.5 Å². The number of nitrogens with one attached hydrogen (secondary N) is 1. The predicted octanol–water partition coefficient (Wildman–Crippen LogP) is 3.57. The molecule has 150 valence electrons. The van der Waals surface area contributed by atoms with Crippen molar-refractivity contribution >= 4 is 11.9 Å². The number of amides is 1. The van der Waals surface area contributed by atoms with E-state index in [1.807, 2.05) is 36.4 Å². The van der Waals surface area contributed by atoms with Crippen molar-refractivity contribution in [2.75, 3.05) is 19.6 Å². The predicted molar refractivity (Wildman–Crippen MR) is 109 cm³/mol. The molecule has 2 N–H and O–H groups in total. The van der Waals surface area contributed by atoms with Gasteiger partial charge in [0.1, 0.15) is 11.5 Å². The number of aromatic nitrogens is 1. The maximum Gasteiger partial charge on any atom is 0.303 e. The van der Waals surface area contributed by atoms with Crippen LogP contribution in [-0.2, 0) is 11.2 Å². The van der Waals surface area contributed by atoms with Crippen LogP contribution in [-0.4, -0.2) is 35.9 Å². The maximum atomic E-state index is 12.9. The van der Waals surface area contributed by atoms with Gasteiger partial charge in [-0.25, -0.2) is 0 Å². The molecule has 1 amide bonds. The Bertz CT molecular complexity index is 1010. The highest BCUT2D eigenvalue weighted by molar-refractivity contribution is 6.02. The Labute approximate surface area is 168 Å². The number of carbonyl (C=O) groups excluding carboxylic acids is 1. The highest BCUT2D eigenvalue weighted by atomic mass is 16.5. The molecule has 0 radical (unpaired) electrons. The number of benzene rings is 2. The number of methoxy groups -OCH3 is 2.